The Morgan fingerprint density at radius 1 is 1.17 bits per heavy atom. The molecule has 0 saturated carbocycles. The maximum Gasteiger partial charge on any atom is 0.242 e. The van der Waals surface area contributed by atoms with Gasteiger partial charge >= 0.3 is 0 Å². The molecule has 41 heavy (non-hydrogen) atoms. The summed E-state index contributed by atoms with van der Waals surface area (Å²) in [4.78, 5) is 20.1. The Bertz CT molecular complexity index is 1280. The molecule has 4 rings (SSSR count). The van der Waals surface area contributed by atoms with E-state index in [9.17, 15) is 13.6 Å². The largest absolute Gasteiger partial charge is 0.311 e. The van der Waals surface area contributed by atoms with Crippen LogP contribution < -0.4 is 16.0 Å². The van der Waals surface area contributed by atoms with Crippen molar-refractivity contribution < 1.29 is 13.6 Å². The summed E-state index contributed by atoms with van der Waals surface area (Å²) in [5.41, 5.74) is 3.42. The Hall–Kier alpha value is -3.14. The van der Waals surface area contributed by atoms with E-state index < -0.39 is 17.7 Å². The van der Waals surface area contributed by atoms with Crippen molar-refractivity contribution in [2.24, 2.45) is 0 Å². The summed E-state index contributed by atoms with van der Waals surface area (Å²) in [7, 11) is 2.16. The maximum atomic E-state index is 14.4. The second kappa shape index (κ2) is 15.2. The van der Waals surface area contributed by atoms with Crippen molar-refractivity contribution in [1.29, 1.82) is 0 Å². The van der Waals surface area contributed by atoms with Gasteiger partial charge in [0, 0.05) is 31.7 Å². The lowest BCUT2D eigenvalue weighted by molar-refractivity contribution is -0.118. The first-order chi connectivity index (χ1) is 19.9. The average molecular weight is 567 g/mol. The van der Waals surface area contributed by atoms with Crippen LogP contribution in [0.25, 0.3) is 5.69 Å². The van der Waals surface area contributed by atoms with Crippen LogP contribution in [0.4, 0.5) is 14.6 Å². The molecule has 0 aliphatic heterocycles. The third kappa shape index (κ3) is 8.67. The number of hydrogen-bond acceptors (Lipinski definition) is 5. The number of likely N-dealkylation sites (N-methyl/N-ethyl adjacent to an activating group) is 1. The van der Waals surface area contributed by atoms with Crippen molar-refractivity contribution in [2.75, 3.05) is 32.0 Å². The van der Waals surface area contributed by atoms with Gasteiger partial charge in [-0.2, -0.15) is 0 Å². The van der Waals surface area contributed by atoms with Gasteiger partial charge in [-0.05, 0) is 74.5 Å². The number of hydrogen-bond donors (Lipinski definition) is 3. The number of halogens is 2. The van der Waals surface area contributed by atoms with Gasteiger partial charge in [0.05, 0.1) is 17.9 Å². The van der Waals surface area contributed by atoms with E-state index in [0.717, 1.165) is 61.9 Å². The zero-order valence-corrected chi connectivity index (χ0v) is 24.6. The first-order valence-electron chi connectivity index (χ1n) is 14.9. The number of anilines is 1. The minimum Gasteiger partial charge on any atom is -0.311 e. The lowest BCUT2D eigenvalue weighted by Gasteiger charge is -2.29. The summed E-state index contributed by atoms with van der Waals surface area (Å²) >= 11 is 0. The van der Waals surface area contributed by atoms with Crippen molar-refractivity contribution in [1.82, 2.24) is 25.1 Å². The molecule has 0 spiro atoms. The molecule has 1 amide bonds. The number of aromatic nitrogens is 2. The molecule has 1 aliphatic rings. The van der Waals surface area contributed by atoms with E-state index in [2.05, 4.69) is 45.9 Å². The molecule has 222 valence electrons. The first-order valence-corrected chi connectivity index (χ1v) is 14.9. The van der Waals surface area contributed by atoms with Crippen LogP contribution in [0.1, 0.15) is 62.6 Å². The summed E-state index contributed by atoms with van der Waals surface area (Å²) in [6, 6.07) is 10.0. The number of para-hydroxylation sites is 1. The number of fused-ring (bicyclic) bond motifs is 1. The fraction of sp³-hybridized carbons (Fsp3) is 0.500. The molecule has 2 atom stereocenters. The molecular weight excluding hydrogens is 522 g/mol. The Morgan fingerprint density at radius 2 is 2.00 bits per heavy atom. The molecule has 0 saturated heterocycles. The van der Waals surface area contributed by atoms with E-state index >= 15 is 0 Å². The normalized spacial score (nSPS) is 15.6. The Balaban J connectivity index is 1.34. The van der Waals surface area contributed by atoms with E-state index in [0.29, 0.717) is 30.6 Å². The van der Waals surface area contributed by atoms with Crippen LogP contribution in [0, 0.1) is 11.6 Å². The summed E-state index contributed by atoms with van der Waals surface area (Å²) in [5.74, 6) is -0.735. The van der Waals surface area contributed by atoms with Crippen LogP contribution in [0.5, 0.6) is 0 Å². The van der Waals surface area contributed by atoms with Gasteiger partial charge in [-0.25, -0.2) is 13.8 Å². The topological polar surface area (TPSA) is 74.2 Å². The molecule has 7 nitrogen and oxygen atoms in total. The molecule has 3 aromatic rings. The van der Waals surface area contributed by atoms with Crippen LogP contribution >= 0.6 is 0 Å². The van der Waals surface area contributed by atoms with E-state index in [1.165, 1.54) is 18.9 Å². The quantitative estimate of drug-likeness (QED) is 0.220. The highest BCUT2D eigenvalue weighted by Gasteiger charge is 2.27. The number of benzene rings is 2. The number of carbonyl (C=O) groups is 1. The second-order valence-corrected chi connectivity index (χ2v) is 11.1. The third-order valence-corrected chi connectivity index (χ3v) is 7.78. The smallest absolute Gasteiger partial charge is 0.242 e. The predicted molar refractivity (Wildman–Crippen MR) is 160 cm³/mol. The number of rotatable bonds is 15. The molecule has 0 fully saturated rings. The number of nitrogens with one attached hydrogen (secondary N) is 3. The predicted octanol–water partition coefficient (Wildman–Crippen LogP) is 5.23. The van der Waals surface area contributed by atoms with Crippen LogP contribution in [-0.2, 0) is 24.2 Å². The molecule has 9 heteroatoms. The van der Waals surface area contributed by atoms with Crippen molar-refractivity contribution in [2.45, 2.75) is 77.4 Å². The number of carbonyl (C=O) groups excluding carboxylic acids is 1. The summed E-state index contributed by atoms with van der Waals surface area (Å²) < 4.78 is 30.0. The minimum atomic E-state index is -0.542. The Labute approximate surface area is 242 Å². The van der Waals surface area contributed by atoms with Gasteiger partial charge in [0.2, 0.25) is 5.91 Å². The second-order valence-electron chi connectivity index (χ2n) is 11.1. The number of imidazole rings is 1. The number of amides is 1. The van der Waals surface area contributed by atoms with Gasteiger partial charge < -0.3 is 25.4 Å². The monoisotopic (exact) mass is 566 g/mol. The highest BCUT2D eigenvalue weighted by Crippen LogP contribution is 2.26. The maximum absolute atomic E-state index is 14.4. The van der Waals surface area contributed by atoms with Crippen molar-refractivity contribution >= 4 is 11.7 Å². The Morgan fingerprint density at radius 3 is 2.80 bits per heavy atom. The highest BCUT2D eigenvalue weighted by molar-refractivity contribution is 5.94. The van der Waals surface area contributed by atoms with Crippen LogP contribution in [-0.4, -0.2) is 59.1 Å². The third-order valence-electron chi connectivity index (χ3n) is 7.78. The number of aryl methyl sites for hydroxylation is 1. The van der Waals surface area contributed by atoms with Crippen LogP contribution in [0.3, 0.4) is 0 Å². The van der Waals surface area contributed by atoms with Gasteiger partial charge in [0.25, 0.3) is 0 Å². The lowest BCUT2D eigenvalue weighted by atomic mass is 9.87. The minimum absolute atomic E-state index is 0.0619. The first kappa shape index (κ1) is 30.8. The van der Waals surface area contributed by atoms with E-state index in [1.54, 1.807) is 6.33 Å². The Kier molecular flexibility index (Phi) is 11.4. The fourth-order valence-electron chi connectivity index (χ4n) is 5.47. The highest BCUT2D eigenvalue weighted by atomic mass is 19.1. The van der Waals surface area contributed by atoms with E-state index in [1.807, 2.05) is 35.9 Å². The summed E-state index contributed by atoms with van der Waals surface area (Å²) in [6.45, 7) is 7.99. The standard InChI is InChI=1S/C32H44F2N6O/c1-4-6-15-39(3)16-14-35-20-24-10-7-8-11-30(24)40-21-31(36-22-40)38-32(41)29(9-5-2)37-26-13-12-23-17-25(33)18-28(34)27(23)19-26/h7-8,10-11,17-18,21-22,26,29,35,37H,4-6,9,12-16,19-20H2,1-3H3,(H,38,41)/t26-,29?/m0/s1. The molecule has 2 aromatic carbocycles. The lowest BCUT2D eigenvalue weighted by Crippen LogP contribution is -2.48. The zero-order chi connectivity index (χ0) is 29.2. The SMILES string of the molecule is CCCCN(C)CCNCc1ccccc1-n1cnc(NC(=O)C(CCC)N[C@H]2CCc3cc(F)cc(F)c3C2)c1. The van der Waals surface area contributed by atoms with Crippen LogP contribution in [0.2, 0.25) is 0 Å². The van der Waals surface area contributed by atoms with Crippen molar-refractivity contribution in [3.63, 3.8) is 0 Å². The molecule has 1 heterocycles. The van der Waals surface area contributed by atoms with Gasteiger partial charge in [-0.1, -0.05) is 44.9 Å². The van der Waals surface area contributed by atoms with Crippen molar-refractivity contribution in [3.8, 4) is 5.69 Å². The van der Waals surface area contributed by atoms with Crippen LogP contribution in [0.15, 0.2) is 48.9 Å². The summed E-state index contributed by atoms with van der Waals surface area (Å²) in [5, 5.41) is 9.95. The molecular formula is C32H44F2N6O. The molecule has 1 aliphatic carbocycles. The molecule has 3 N–H and O–H groups in total. The van der Waals surface area contributed by atoms with Gasteiger partial charge in [-0.3, -0.25) is 4.79 Å². The van der Waals surface area contributed by atoms with Gasteiger partial charge in [-0.15, -0.1) is 0 Å². The molecule has 1 aromatic heterocycles. The number of nitrogens with zero attached hydrogens (tertiary/aromatic N) is 3. The number of unbranched alkanes of at least 4 members (excludes halogenated alkanes) is 1. The fourth-order valence-corrected chi connectivity index (χ4v) is 5.47. The zero-order valence-electron chi connectivity index (χ0n) is 24.6. The van der Waals surface area contributed by atoms with Gasteiger partial charge in [0.1, 0.15) is 18.0 Å². The van der Waals surface area contributed by atoms with Crippen molar-refractivity contribution in [3.05, 3.63) is 77.2 Å². The average Bonchev–Trinajstić information content (AvgIpc) is 3.42. The van der Waals surface area contributed by atoms with E-state index in [-0.39, 0.29) is 11.9 Å². The van der Waals surface area contributed by atoms with E-state index in [4.69, 9.17) is 0 Å². The molecule has 0 bridgehead atoms. The summed E-state index contributed by atoms with van der Waals surface area (Å²) in [6.07, 6.45) is 9.16. The molecule has 1 unspecified atom stereocenters. The van der Waals surface area contributed by atoms with Gasteiger partial charge in [0.15, 0.2) is 5.82 Å². The molecule has 0 radical (unpaired) electrons.